The minimum absolute atomic E-state index is 0.459. The lowest BCUT2D eigenvalue weighted by Gasteiger charge is -2.19. The summed E-state index contributed by atoms with van der Waals surface area (Å²) in [6, 6.07) is 8.92. The summed E-state index contributed by atoms with van der Waals surface area (Å²) in [6.45, 7) is 8.95. The minimum atomic E-state index is 0.459. The van der Waals surface area contributed by atoms with E-state index in [1.54, 1.807) is 0 Å². The molecule has 2 unspecified atom stereocenters. The van der Waals surface area contributed by atoms with Crippen molar-refractivity contribution in [2.24, 2.45) is 5.92 Å². The number of nitrogens with one attached hydrogen (secondary N) is 1. The normalized spacial score (nSPS) is 24.2. The third-order valence-electron chi connectivity index (χ3n) is 3.99. The Balaban J connectivity index is 2.18. The van der Waals surface area contributed by atoms with Crippen molar-refractivity contribution in [3.8, 4) is 0 Å². The van der Waals surface area contributed by atoms with Crippen molar-refractivity contribution < 1.29 is 0 Å². The first-order valence-electron chi connectivity index (χ1n) is 6.86. The molecular weight excluding hydrogens is 222 g/mol. The highest BCUT2D eigenvalue weighted by atomic mass is 15.1. The number of aromatic nitrogens is 2. The molecule has 96 valence electrons. The van der Waals surface area contributed by atoms with Crippen LogP contribution in [0.25, 0.3) is 11.0 Å². The molecule has 0 saturated carbocycles. The maximum atomic E-state index is 4.89. The Labute approximate surface area is 108 Å². The van der Waals surface area contributed by atoms with Crippen molar-refractivity contribution in [3.05, 3.63) is 30.1 Å². The van der Waals surface area contributed by atoms with Crippen LogP contribution in [0, 0.1) is 5.92 Å². The SMILES string of the molecule is CC1CNCC1c1nc2ccccc2n1C(C)C. The van der Waals surface area contributed by atoms with Crippen molar-refractivity contribution in [3.63, 3.8) is 0 Å². The third kappa shape index (κ3) is 1.74. The van der Waals surface area contributed by atoms with Crippen molar-refractivity contribution in [2.45, 2.75) is 32.7 Å². The molecular formula is C15H21N3. The first kappa shape index (κ1) is 11.7. The van der Waals surface area contributed by atoms with E-state index in [1.807, 2.05) is 0 Å². The van der Waals surface area contributed by atoms with Gasteiger partial charge in [0, 0.05) is 18.5 Å². The molecule has 0 aliphatic carbocycles. The molecule has 2 atom stereocenters. The molecule has 2 heterocycles. The van der Waals surface area contributed by atoms with Crippen LogP contribution in [0.2, 0.25) is 0 Å². The van der Waals surface area contributed by atoms with Crippen LogP contribution >= 0.6 is 0 Å². The van der Waals surface area contributed by atoms with E-state index in [9.17, 15) is 0 Å². The summed E-state index contributed by atoms with van der Waals surface area (Å²) < 4.78 is 2.41. The lowest BCUT2D eigenvalue weighted by molar-refractivity contribution is 0.492. The van der Waals surface area contributed by atoms with Crippen molar-refractivity contribution in [1.82, 2.24) is 14.9 Å². The highest BCUT2D eigenvalue weighted by Gasteiger charge is 2.29. The van der Waals surface area contributed by atoms with E-state index in [2.05, 4.69) is 54.9 Å². The zero-order chi connectivity index (χ0) is 12.7. The molecule has 1 aromatic heterocycles. The number of nitrogens with zero attached hydrogens (tertiary/aromatic N) is 2. The van der Waals surface area contributed by atoms with Gasteiger partial charge >= 0.3 is 0 Å². The van der Waals surface area contributed by atoms with E-state index < -0.39 is 0 Å². The van der Waals surface area contributed by atoms with Crippen LogP contribution < -0.4 is 5.32 Å². The predicted molar refractivity (Wildman–Crippen MR) is 74.9 cm³/mol. The average molecular weight is 243 g/mol. The van der Waals surface area contributed by atoms with Gasteiger partial charge in [0.1, 0.15) is 5.82 Å². The molecule has 18 heavy (non-hydrogen) atoms. The molecule has 0 amide bonds. The summed E-state index contributed by atoms with van der Waals surface area (Å²) in [5.74, 6) is 2.46. The molecule has 3 heteroatoms. The van der Waals surface area contributed by atoms with Crippen LogP contribution in [-0.2, 0) is 0 Å². The molecule has 0 radical (unpaired) electrons. The molecule has 0 bridgehead atoms. The Morgan fingerprint density at radius 1 is 1.28 bits per heavy atom. The number of imidazole rings is 1. The Bertz CT molecular complexity index is 556. The van der Waals surface area contributed by atoms with Gasteiger partial charge in [0.15, 0.2) is 0 Å². The van der Waals surface area contributed by atoms with E-state index in [4.69, 9.17) is 4.98 Å². The van der Waals surface area contributed by atoms with E-state index in [-0.39, 0.29) is 0 Å². The lowest BCUT2D eigenvalue weighted by Crippen LogP contribution is -2.16. The maximum absolute atomic E-state index is 4.89. The summed E-state index contributed by atoms with van der Waals surface area (Å²) in [6.07, 6.45) is 0. The van der Waals surface area contributed by atoms with Crippen LogP contribution in [0.5, 0.6) is 0 Å². The molecule has 0 spiro atoms. The van der Waals surface area contributed by atoms with Gasteiger partial charge in [-0.2, -0.15) is 0 Å². The zero-order valence-electron chi connectivity index (χ0n) is 11.4. The van der Waals surface area contributed by atoms with Crippen LogP contribution in [0.3, 0.4) is 0 Å². The smallest absolute Gasteiger partial charge is 0.114 e. The maximum Gasteiger partial charge on any atom is 0.114 e. The fraction of sp³-hybridized carbons (Fsp3) is 0.533. The fourth-order valence-electron chi connectivity index (χ4n) is 3.02. The molecule has 1 aliphatic rings. The van der Waals surface area contributed by atoms with Gasteiger partial charge in [-0.15, -0.1) is 0 Å². The predicted octanol–water partition coefficient (Wildman–Crippen LogP) is 2.94. The molecule has 1 N–H and O–H groups in total. The molecule has 2 aromatic rings. The first-order valence-corrected chi connectivity index (χ1v) is 6.86. The van der Waals surface area contributed by atoms with Gasteiger partial charge in [-0.25, -0.2) is 4.98 Å². The van der Waals surface area contributed by atoms with Gasteiger partial charge in [-0.3, -0.25) is 0 Å². The van der Waals surface area contributed by atoms with Gasteiger partial charge in [0.2, 0.25) is 0 Å². The first-order chi connectivity index (χ1) is 8.68. The molecule has 1 aliphatic heterocycles. The van der Waals surface area contributed by atoms with Crippen LogP contribution in [0.15, 0.2) is 24.3 Å². The Hall–Kier alpha value is -1.35. The van der Waals surface area contributed by atoms with Crippen molar-refractivity contribution >= 4 is 11.0 Å². The number of hydrogen-bond acceptors (Lipinski definition) is 2. The monoisotopic (exact) mass is 243 g/mol. The summed E-state index contributed by atoms with van der Waals surface area (Å²) in [7, 11) is 0. The highest BCUT2D eigenvalue weighted by molar-refractivity contribution is 5.76. The minimum Gasteiger partial charge on any atom is -0.325 e. The van der Waals surface area contributed by atoms with Crippen molar-refractivity contribution in [2.75, 3.05) is 13.1 Å². The summed E-state index contributed by atoms with van der Waals surface area (Å²) in [5, 5.41) is 3.48. The van der Waals surface area contributed by atoms with Crippen molar-refractivity contribution in [1.29, 1.82) is 0 Å². The van der Waals surface area contributed by atoms with Gasteiger partial charge in [-0.05, 0) is 38.4 Å². The Morgan fingerprint density at radius 2 is 2.06 bits per heavy atom. The fourth-order valence-corrected chi connectivity index (χ4v) is 3.02. The zero-order valence-corrected chi connectivity index (χ0v) is 11.4. The van der Waals surface area contributed by atoms with E-state index >= 15 is 0 Å². The highest BCUT2D eigenvalue weighted by Crippen LogP contribution is 2.31. The average Bonchev–Trinajstić information content (AvgIpc) is 2.91. The van der Waals surface area contributed by atoms with Gasteiger partial charge in [0.25, 0.3) is 0 Å². The Kier molecular flexibility index (Phi) is 2.86. The molecule has 1 saturated heterocycles. The van der Waals surface area contributed by atoms with E-state index in [1.165, 1.54) is 11.3 Å². The standard InChI is InChI=1S/C15H21N3/c1-10(2)18-14-7-5-4-6-13(14)17-15(18)12-9-16-8-11(12)3/h4-7,10-12,16H,8-9H2,1-3H3. The second kappa shape index (κ2) is 4.39. The molecule has 1 fully saturated rings. The van der Waals surface area contributed by atoms with Crippen LogP contribution in [0.4, 0.5) is 0 Å². The van der Waals surface area contributed by atoms with Crippen LogP contribution in [-0.4, -0.2) is 22.6 Å². The summed E-state index contributed by atoms with van der Waals surface area (Å²) in [4.78, 5) is 4.89. The van der Waals surface area contributed by atoms with Gasteiger partial charge < -0.3 is 9.88 Å². The quantitative estimate of drug-likeness (QED) is 0.879. The van der Waals surface area contributed by atoms with Crippen LogP contribution in [0.1, 0.15) is 38.6 Å². The second-order valence-corrected chi connectivity index (χ2v) is 5.66. The molecule has 3 rings (SSSR count). The largest absolute Gasteiger partial charge is 0.325 e. The second-order valence-electron chi connectivity index (χ2n) is 5.66. The molecule has 1 aromatic carbocycles. The van der Waals surface area contributed by atoms with Gasteiger partial charge in [0.05, 0.1) is 11.0 Å². The number of hydrogen-bond donors (Lipinski definition) is 1. The number of para-hydroxylation sites is 2. The number of rotatable bonds is 2. The summed E-state index contributed by atoms with van der Waals surface area (Å²) >= 11 is 0. The number of fused-ring (bicyclic) bond motifs is 1. The third-order valence-corrected chi connectivity index (χ3v) is 3.99. The molecule has 3 nitrogen and oxygen atoms in total. The lowest BCUT2D eigenvalue weighted by atomic mass is 9.97. The number of benzene rings is 1. The Morgan fingerprint density at radius 3 is 2.72 bits per heavy atom. The van der Waals surface area contributed by atoms with Gasteiger partial charge in [-0.1, -0.05) is 19.1 Å². The van der Waals surface area contributed by atoms with E-state index in [0.717, 1.165) is 18.6 Å². The van der Waals surface area contributed by atoms with E-state index in [0.29, 0.717) is 17.9 Å². The summed E-state index contributed by atoms with van der Waals surface area (Å²) in [5.41, 5.74) is 2.39. The topological polar surface area (TPSA) is 29.9 Å².